The van der Waals surface area contributed by atoms with E-state index in [0.29, 0.717) is 12.0 Å². The Labute approximate surface area is 102 Å². The summed E-state index contributed by atoms with van der Waals surface area (Å²) in [5.74, 6) is 3.22. The van der Waals surface area contributed by atoms with E-state index in [1.165, 1.54) is 19.3 Å². The molecule has 0 atom stereocenters. The maximum Gasteiger partial charge on any atom is 0.222 e. The summed E-state index contributed by atoms with van der Waals surface area (Å²) < 4.78 is 5.95. The molecule has 1 aromatic heterocycles. The number of ether oxygens (including phenoxy) is 1. The van der Waals surface area contributed by atoms with Gasteiger partial charge in [0.15, 0.2) is 0 Å². The van der Waals surface area contributed by atoms with Gasteiger partial charge in [0.05, 0.1) is 5.56 Å². The number of aromatic nitrogens is 2. The molecule has 0 aromatic carbocycles. The number of hydrogen-bond acceptors (Lipinski definition) is 4. The molecular weight excluding hydrogens is 214 g/mol. The van der Waals surface area contributed by atoms with Crippen LogP contribution in [0, 0.1) is 6.92 Å². The minimum atomic E-state index is 0.375. The number of anilines is 1. The fraction of sp³-hybridized carbons (Fsp3) is 0.692. The Hall–Kier alpha value is -1.32. The third kappa shape index (κ3) is 2.08. The lowest BCUT2D eigenvalue weighted by atomic mass is 9.96. The summed E-state index contributed by atoms with van der Waals surface area (Å²) in [5.41, 5.74) is 1.03. The molecule has 2 fully saturated rings. The van der Waals surface area contributed by atoms with Crippen LogP contribution < -0.4 is 10.1 Å². The molecule has 0 saturated heterocycles. The van der Waals surface area contributed by atoms with E-state index in [9.17, 15) is 0 Å². The zero-order valence-corrected chi connectivity index (χ0v) is 10.5. The largest absolute Gasteiger partial charge is 0.474 e. The fourth-order valence-electron chi connectivity index (χ4n) is 2.04. The first-order valence-corrected chi connectivity index (χ1v) is 6.51. The van der Waals surface area contributed by atoms with E-state index in [2.05, 4.69) is 15.3 Å². The standard InChI is InChI=1S/C13H19N3O/c1-8-11(14-2)15-12(9-6-7-9)16-13(8)17-10-4-3-5-10/h9-10H,3-7H2,1-2H3,(H,14,15,16). The minimum absolute atomic E-state index is 0.375. The van der Waals surface area contributed by atoms with E-state index >= 15 is 0 Å². The third-order valence-electron chi connectivity index (χ3n) is 3.63. The van der Waals surface area contributed by atoms with Gasteiger partial charge in [-0.3, -0.25) is 0 Å². The first kappa shape index (κ1) is 10.8. The Kier molecular flexibility index (Phi) is 2.65. The summed E-state index contributed by atoms with van der Waals surface area (Å²) in [5, 5.41) is 3.14. The van der Waals surface area contributed by atoms with Crippen LogP contribution in [-0.2, 0) is 0 Å². The van der Waals surface area contributed by atoms with Crippen molar-refractivity contribution in [2.45, 2.75) is 51.0 Å². The normalized spacial score (nSPS) is 19.9. The van der Waals surface area contributed by atoms with Crippen molar-refractivity contribution in [3.8, 4) is 5.88 Å². The molecule has 0 aliphatic heterocycles. The van der Waals surface area contributed by atoms with Crippen molar-refractivity contribution in [3.63, 3.8) is 0 Å². The van der Waals surface area contributed by atoms with Crippen molar-refractivity contribution in [2.75, 3.05) is 12.4 Å². The highest BCUT2D eigenvalue weighted by atomic mass is 16.5. The Morgan fingerprint density at radius 1 is 1.18 bits per heavy atom. The van der Waals surface area contributed by atoms with Crippen LogP contribution in [0.5, 0.6) is 5.88 Å². The van der Waals surface area contributed by atoms with Crippen LogP contribution in [0.3, 0.4) is 0 Å². The van der Waals surface area contributed by atoms with Crippen LogP contribution in [0.1, 0.15) is 49.4 Å². The zero-order chi connectivity index (χ0) is 11.8. The molecule has 4 heteroatoms. The van der Waals surface area contributed by atoms with Crippen molar-refractivity contribution >= 4 is 5.82 Å². The second-order valence-corrected chi connectivity index (χ2v) is 5.06. The van der Waals surface area contributed by atoms with E-state index in [1.807, 2.05) is 14.0 Å². The van der Waals surface area contributed by atoms with Crippen molar-refractivity contribution in [3.05, 3.63) is 11.4 Å². The highest BCUT2D eigenvalue weighted by Crippen LogP contribution is 2.40. The van der Waals surface area contributed by atoms with Crippen LogP contribution in [-0.4, -0.2) is 23.1 Å². The molecule has 92 valence electrons. The van der Waals surface area contributed by atoms with Gasteiger partial charge in [-0.1, -0.05) is 0 Å². The number of nitrogens with one attached hydrogen (secondary N) is 1. The highest BCUT2D eigenvalue weighted by molar-refractivity contribution is 5.48. The average molecular weight is 233 g/mol. The van der Waals surface area contributed by atoms with Crippen molar-refractivity contribution in [1.29, 1.82) is 0 Å². The van der Waals surface area contributed by atoms with Crippen LogP contribution in [0.15, 0.2) is 0 Å². The van der Waals surface area contributed by atoms with Gasteiger partial charge in [0, 0.05) is 13.0 Å². The van der Waals surface area contributed by atoms with Crippen LogP contribution in [0.4, 0.5) is 5.82 Å². The molecule has 0 spiro atoms. The van der Waals surface area contributed by atoms with Crippen molar-refractivity contribution < 1.29 is 4.74 Å². The summed E-state index contributed by atoms with van der Waals surface area (Å²) in [7, 11) is 1.90. The van der Waals surface area contributed by atoms with Gasteiger partial charge in [-0.25, -0.2) is 4.98 Å². The average Bonchev–Trinajstić information content (AvgIpc) is 3.09. The quantitative estimate of drug-likeness (QED) is 0.868. The summed E-state index contributed by atoms with van der Waals surface area (Å²) in [4.78, 5) is 9.15. The van der Waals surface area contributed by atoms with E-state index < -0.39 is 0 Å². The van der Waals surface area contributed by atoms with Gasteiger partial charge < -0.3 is 10.1 Å². The predicted octanol–water partition coefficient (Wildman–Crippen LogP) is 2.64. The zero-order valence-electron chi connectivity index (χ0n) is 10.5. The molecule has 0 bridgehead atoms. The molecule has 17 heavy (non-hydrogen) atoms. The smallest absolute Gasteiger partial charge is 0.222 e. The van der Waals surface area contributed by atoms with Gasteiger partial charge in [-0.2, -0.15) is 4.98 Å². The number of nitrogens with zero attached hydrogens (tertiary/aromatic N) is 2. The summed E-state index contributed by atoms with van der Waals surface area (Å²) in [6.07, 6.45) is 6.42. The molecule has 0 unspecified atom stereocenters. The number of hydrogen-bond donors (Lipinski definition) is 1. The molecular formula is C13H19N3O. The molecule has 1 N–H and O–H groups in total. The summed E-state index contributed by atoms with van der Waals surface area (Å²) in [6, 6.07) is 0. The minimum Gasteiger partial charge on any atom is -0.474 e. The van der Waals surface area contributed by atoms with Crippen LogP contribution >= 0.6 is 0 Å². The lowest BCUT2D eigenvalue weighted by Crippen LogP contribution is -2.25. The SMILES string of the molecule is CNc1nc(C2CC2)nc(OC2CCC2)c1C. The third-order valence-corrected chi connectivity index (χ3v) is 3.63. The molecule has 2 aliphatic carbocycles. The number of rotatable bonds is 4. The fourth-order valence-corrected chi connectivity index (χ4v) is 2.04. The Bertz CT molecular complexity index is 425. The van der Waals surface area contributed by atoms with E-state index in [0.717, 1.165) is 35.9 Å². The van der Waals surface area contributed by atoms with E-state index in [1.54, 1.807) is 0 Å². The first-order valence-electron chi connectivity index (χ1n) is 6.51. The Morgan fingerprint density at radius 3 is 2.47 bits per heavy atom. The van der Waals surface area contributed by atoms with Gasteiger partial charge in [-0.15, -0.1) is 0 Å². The molecule has 1 aromatic rings. The monoisotopic (exact) mass is 233 g/mol. The van der Waals surface area contributed by atoms with Gasteiger partial charge in [0.1, 0.15) is 17.7 Å². The van der Waals surface area contributed by atoms with Gasteiger partial charge >= 0.3 is 0 Å². The van der Waals surface area contributed by atoms with Gasteiger partial charge in [0.2, 0.25) is 5.88 Å². The first-order chi connectivity index (χ1) is 8.28. The lowest BCUT2D eigenvalue weighted by Gasteiger charge is -2.27. The molecule has 0 radical (unpaired) electrons. The van der Waals surface area contributed by atoms with Crippen molar-refractivity contribution in [1.82, 2.24) is 9.97 Å². The second kappa shape index (κ2) is 4.17. The molecule has 0 amide bonds. The van der Waals surface area contributed by atoms with Crippen LogP contribution in [0.2, 0.25) is 0 Å². The van der Waals surface area contributed by atoms with Gasteiger partial charge in [-0.05, 0) is 39.0 Å². The predicted molar refractivity (Wildman–Crippen MR) is 66.6 cm³/mol. The highest BCUT2D eigenvalue weighted by Gasteiger charge is 2.29. The molecule has 1 heterocycles. The van der Waals surface area contributed by atoms with Crippen LogP contribution in [0.25, 0.3) is 0 Å². The topological polar surface area (TPSA) is 47.0 Å². The van der Waals surface area contributed by atoms with Gasteiger partial charge in [0.25, 0.3) is 0 Å². The molecule has 4 nitrogen and oxygen atoms in total. The second-order valence-electron chi connectivity index (χ2n) is 5.06. The van der Waals surface area contributed by atoms with E-state index in [4.69, 9.17) is 4.74 Å². The molecule has 2 saturated carbocycles. The Morgan fingerprint density at radius 2 is 1.94 bits per heavy atom. The molecule has 3 rings (SSSR count). The van der Waals surface area contributed by atoms with Crippen molar-refractivity contribution in [2.24, 2.45) is 0 Å². The molecule has 2 aliphatic rings. The maximum atomic E-state index is 5.95. The Balaban J connectivity index is 1.89. The summed E-state index contributed by atoms with van der Waals surface area (Å²) >= 11 is 0. The van der Waals surface area contributed by atoms with E-state index in [-0.39, 0.29) is 0 Å². The summed E-state index contributed by atoms with van der Waals surface area (Å²) in [6.45, 7) is 2.02. The maximum absolute atomic E-state index is 5.95. The lowest BCUT2D eigenvalue weighted by molar-refractivity contribution is 0.113.